The third-order valence-electron chi connectivity index (χ3n) is 4.99. The quantitative estimate of drug-likeness (QED) is 0.787. The van der Waals surface area contributed by atoms with Crippen molar-refractivity contribution in [2.45, 2.75) is 18.4 Å². The van der Waals surface area contributed by atoms with Gasteiger partial charge in [-0.25, -0.2) is 17.6 Å². The van der Waals surface area contributed by atoms with E-state index in [1.807, 2.05) is 4.90 Å². The number of rotatable bonds is 5. The van der Waals surface area contributed by atoms with Gasteiger partial charge in [0.2, 0.25) is 10.0 Å². The Labute approximate surface area is 158 Å². The number of halogens is 1. The van der Waals surface area contributed by atoms with Crippen LogP contribution in [0.1, 0.15) is 12.8 Å². The molecule has 1 aromatic carbocycles. The van der Waals surface area contributed by atoms with Crippen molar-refractivity contribution in [1.29, 1.82) is 0 Å². The Balaban J connectivity index is 1.65. The molecule has 1 aromatic rings. The Morgan fingerprint density at radius 3 is 2.30 bits per heavy atom. The van der Waals surface area contributed by atoms with Gasteiger partial charge in [-0.1, -0.05) is 0 Å². The molecule has 27 heavy (non-hydrogen) atoms. The number of nitrogens with zero attached hydrogens (tertiary/aromatic N) is 2. The van der Waals surface area contributed by atoms with E-state index in [9.17, 15) is 17.6 Å². The smallest absolute Gasteiger partial charge is 0.405 e. The van der Waals surface area contributed by atoms with Gasteiger partial charge in [0, 0.05) is 44.7 Å². The van der Waals surface area contributed by atoms with Crippen molar-refractivity contribution >= 4 is 21.8 Å². The Bertz CT molecular complexity index is 757. The lowest BCUT2D eigenvalue weighted by molar-refractivity contribution is -0.0549. The molecule has 2 fully saturated rings. The van der Waals surface area contributed by atoms with Crippen LogP contribution in [0.4, 0.5) is 14.9 Å². The van der Waals surface area contributed by atoms with E-state index in [1.165, 1.54) is 16.4 Å². The number of hydrogen-bond donors (Lipinski definition) is 1. The molecule has 3 rings (SSSR count). The molecular formula is C17H24FN3O5S. The number of hydrogen-bond acceptors (Lipinski definition) is 6. The first-order valence-electron chi connectivity index (χ1n) is 8.84. The molecule has 10 heteroatoms. The molecule has 2 aliphatic rings. The summed E-state index contributed by atoms with van der Waals surface area (Å²) in [6, 6.07) is 6.12. The maximum atomic E-state index is 13.1. The first-order chi connectivity index (χ1) is 12.8. The topological polar surface area (TPSA) is 102 Å². The van der Waals surface area contributed by atoms with E-state index in [0.717, 1.165) is 5.69 Å². The minimum atomic E-state index is -3.64. The molecular weight excluding hydrogens is 377 g/mol. The molecule has 0 bridgehead atoms. The fourth-order valence-corrected chi connectivity index (χ4v) is 5.45. The first-order valence-corrected chi connectivity index (χ1v) is 10.5. The SMILES string of the molecule is NC(=O)OC1(CS(=O)(=O)N2CCN(c3ccc(F)cc3)CC2)CCOCC1. The van der Waals surface area contributed by atoms with Crippen molar-refractivity contribution in [3.8, 4) is 0 Å². The van der Waals surface area contributed by atoms with Crippen molar-refractivity contribution in [2.24, 2.45) is 5.73 Å². The Morgan fingerprint density at radius 1 is 1.15 bits per heavy atom. The molecule has 0 radical (unpaired) electrons. The van der Waals surface area contributed by atoms with Crippen LogP contribution in [0.15, 0.2) is 24.3 Å². The second-order valence-corrected chi connectivity index (χ2v) is 8.80. The number of sulfonamides is 1. The van der Waals surface area contributed by atoms with Gasteiger partial charge in [0.25, 0.3) is 0 Å². The van der Waals surface area contributed by atoms with Crippen LogP contribution in [-0.2, 0) is 19.5 Å². The van der Waals surface area contributed by atoms with Gasteiger partial charge in [-0.15, -0.1) is 0 Å². The monoisotopic (exact) mass is 401 g/mol. The predicted molar refractivity (Wildman–Crippen MR) is 97.4 cm³/mol. The largest absolute Gasteiger partial charge is 0.442 e. The van der Waals surface area contributed by atoms with Crippen molar-refractivity contribution in [3.63, 3.8) is 0 Å². The van der Waals surface area contributed by atoms with Crippen molar-refractivity contribution in [1.82, 2.24) is 4.31 Å². The Morgan fingerprint density at radius 2 is 1.74 bits per heavy atom. The van der Waals surface area contributed by atoms with Crippen molar-refractivity contribution in [3.05, 3.63) is 30.1 Å². The number of benzene rings is 1. The fourth-order valence-electron chi connectivity index (χ4n) is 3.53. The normalized spacial score (nSPS) is 21.0. The van der Waals surface area contributed by atoms with E-state index < -0.39 is 21.7 Å². The van der Waals surface area contributed by atoms with Gasteiger partial charge >= 0.3 is 6.09 Å². The fraction of sp³-hybridized carbons (Fsp3) is 0.588. The highest BCUT2D eigenvalue weighted by Gasteiger charge is 2.43. The molecule has 0 unspecified atom stereocenters. The average molecular weight is 401 g/mol. The maximum Gasteiger partial charge on any atom is 0.405 e. The summed E-state index contributed by atoms with van der Waals surface area (Å²) in [5.74, 6) is -0.612. The second kappa shape index (κ2) is 7.99. The van der Waals surface area contributed by atoms with Crippen LogP contribution >= 0.6 is 0 Å². The standard InChI is InChI=1S/C17H24FN3O5S/c18-14-1-3-15(4-2-14)20-7-9-21(10-8-20)27(23,24)13-17(26-16(19)22)5-11-25-12-6-17/h1-4H,5-13H2,(H2,19,22). The molecule has 1 amide bonds. The molecule has 0 aliphatic carbocycles. The molecule has 0 spiro atoms. The molecule has 2 saturated heterocycles. The van der Waals surface area contributed by atoms with E-state index >= 15 is 0 Å². The number of amides is 1. The summed E-state index contributed by atoms with van der Waals surface area (Å²) in [7, 11) is -3.64. The average Bonchev–Trinajstić information content (AvgIpc) is 2.62. The number of piperazine rings is 1. The van der Waals surface area contributed by atoms with E-state index in [4.69, 9.17) is 15.2 Å². The number of carbonyl (C=O) groups is 1. The molecule has 2 heterocycles. The lowest BCUT2D eigenvalue weighted by Gasteiger charge is -2.39. The van der Waals surface area contributed by atoms with E-state index in [-0.39, 0.29) is 11.6 Å². The van der Waals surface area contributed by atoms with Crippen LogP contribution in [-0.4, -0.2) is 69.6 Å². The minimum Gasteiger partial charge on any atom is -0.442 e. The van der Waals surface area contributed by atoms with E-state index in [2.05, 4.69) is 0 Å². The highest BCUT2D eigenvalue weighted by Crippen LogP contribution is 2.29. The summed E-state index contributed by atoms with van der Waals surface area (Å²) >= 11 is 0. The summed E-state index contributed by atoms with van der Waals surface area (Å²) < 4.78 is 50.8. The van der Waals surface area contributed by atoms with Gasteiger partial charge < -0.3 is 20.1 Å². The Kier molecular flexibility index (Phi) is 5.87. The molecule has 0 saturated carbocycles. The number of primary amides is 1. The summed E-state index contributed by atoms with van der Waals surface area (Å²) in [5, 5.41) is 0. The zero-order chi connectivity index (χ0) is 19.5. The Hall–Kier alpha value is -1.91. The van der Waals surface area contributed by atoms with Crippen LogP contribution in [0, 0.1) is 5.82 Å². The third kappa shape index (κ3) is 4.88. The van der Waals surface area contributed by atoms with Gasteiger partial charge in [0.15, 0.2) is 0 Å². The highest BCUT2D eigenvalue weighted by atomic mass is 32.2. The van der Waals surface area contributed by atoms with Crippen LogP contribution in [0.2, 0.25) is 0 Å². The molecule has 2 aliphatic heterocycles. The van der Waals surface area contributed by atoms with Crippen LogP contribution in [0.5, 0.6) is 0 Å². The van der Waals surface area contributed by atoms with E-state index in [1.54, 1.807) is 12.1 Å². The van der Waals surface area contributed by atoms with Crippen LogP contribution in [0.25, 0.3) is 0 Å². The van der Waals surface area contributed by atoms with Crippen LogP contribution in [0.3, 0.4) is 0 Å². The van der Waals surface area contributed by atoms with E-state index in [0.29, 0.717) is 52.2 Å². The number of ether oxygens (including phenoxy) is 2. The summed E-state index contributed by atoms with van der Waals surface area (Å²) in [6.07, 6.45) is -0.386. The maximum absolute atomic E-state index is 13.1. The molecule has 2 N–H and O–H groups in total. The summed E-state index contributed by atoms with van der Waals surface area (Å²) in [4.78, 5) is 13.3. The third-order valence-corrected chi connectivity index (χ3v) is 7.03. The van der Waals surface area contributed by atoms with Gasteiger partial charge in [0.05, 0.1) is 13.2 Å². The number of carbonyl (C=O) groups excluding carboxylic acids is 1. The number of nitrogens with two attached hydrogens (primary N) is 1. The van der Waals surface area contributed by atoms with Gasteiger partial charge in [-0.2, -0.15) is 4.31 Å². The lowest BCUT2D eigenvalue weighted by Crippen LogP contribution is -2.54. The first kappa shape index (κ1) is 19.8. The molecule has 0 aromatic heterocycles. The zero-order valence-corrected chi connectivity index (χ0v) is 15.8. The summed E-state index contributed by atoms with van der Waals surface area (Å²) in [6.45, 7) is 2.25. The van der Waals surface area contributed by atoms with Gasteiger partial charge in [0.1, 0.15) is 17.2 Å². The van der Waals surface area contributed by atoms with Gasteiger partial charge in [-0.05, 0) is 24.3 Å². The van der Waals surface area contributed by atoms with Crippen LogP contribution < -0.4 is 10.6 Å². The number of anilines is 1. The molecule has 8 nitrogen and oxygen atoms in total. The van der Waals surface area contributed by atoms with Crippen molar-refractivity contribution in [2.75, 3.05) is 50.0 Å². The predicted octanol–water partition coefficient (Wildman–Crippen LogP) is 0.922. The van der Waals surface area contributed by atoms with Gasteiger partial charge in [-0.3, -0.25) is 0 Å². The highest BCUT2D eigenvalue weighted by molar-refractivity contribution is 7.89. The van der Waals surface area contributed by atoms with Crippen molar-refractivity contribution < 1.29 is 27.1 Å². The zero-order valence-electron chi connectivity index (χ0n) is 15.0. The summed E-state index contributed by atoms with van der Waals surface area (Å²) in [5.41, 5.74) is 4.87. The lowest BCUT2D eigenvalue weighted by atomic mass is 9.96. The molecule has 150 valence electrons. The second-order valence-electron chi connectivity index (χ2n) is 6.84. The molecule has 0 atom stereocenters. The minimum absolute atomic E-state index is 0.296.